The number of aryl methyl sites for hydroxylation is 2. The number of aliphatic hydroxyl groups excluding tert-OH is 1. The number of aromatic nitrogens is 1. The fourth-order valence-corrected chi connectivity index (χ4v) is 1.58. The van der Waals surface area contributed by atoms with Gasteiger partial charge in [-0.2, -0.15) is 0 Å². The van der Waals surface area contributed by atoms with Gasteiger partial charge in [0, 0.05) is 32.1 Å². The second-order valence-corrected chi connectivity index (χ2v) is 4.09. The Morgan fingerprint density at radius 3 is 2.45 bits per heavy atom. The van der Waals surface area contributed by atoms with E-state index in [4.69, 9.17) is 9.90 Å². The molecule has 1 aromatic heterocycles. The third-order valence-corrected chi connectivity index (χ3v) is 2.35. The topological polar surface area (TPSA) is 54.5 Å². The Kier molecular flexibility index (Phi) is 7.89. The molecule has 0 saturated carbocycles. The number of hydrogen-bond donors (Lipinski definition) is 1. The van der Waals surface area contributed by atoms with Crippen molar-refractivity contribution in [2.24, 2.45) is 0 Å². The van der Waals surface area contributed by atoms with Crippen molar-refractivity contribution in [1.29, 1.82) is 0 Å². The molecule has 0 atom stereocenters. The molecule has 2 N–H and O–H groups in total. The number of hydrogen-bond acceptors (Lipinski definition) is 1. The van der Waals surface area contributed by atoms with Crippen LogP contribution in [-0.4, -0.2) is 20.9 Å². The number of carboxylic acids is 1. The maximum absolute atomic E-state index is 12.9. The number of halogens is 1. The molecule has 2 aromatic rings. The van der Waals surface area contributed by atoms with E-state index in [-0.39, 0.29) is 25.9 Å². The van der Waals surface area contributed by atoms with Crippen molar-refractivity contribution < 1.29 is 34.4 Å². The Balaban J connectivity index is 0.000000644. The molecule has 20 heavy (non-hydrogen) atoms. The van der Waals surface area contributed by atoms with Crippen LogP contribution in [0.3, 0.4) is 0 Å². The fourth-order valence-electron chi connectivity index (χ4n) is 1.58. The third kappa shape index (κ3) is 5.59. The Labute approximate surface area is 131 Å². The summed E-state index contributed by atoms with van der Waals surface area (Å²) < 4.78 is 12.9. The van der Waals surface area contributed by atoms with Crippen LogP contribution >= 0.6 is 0 Å². The van der Waals surface area contributed by atoms with Crippen molar-refractivity contribution in [1.82, 2.24) is 4.98 Å². The first-order chi connectivity index (χ1) is 8.91. The number of pyridine rings is 1. The SMILES string of the molecule is CC(O)=[OH+].Cc1cc(F)c[c-]c1-c1ncccc1C.[Ir]. The summed E-state index contributed by atoms with van der Waals surface area (Å²) >= 11 is 0. The monoisotopic (exact) mass is 454 g/mol. The first-order valence-corrected chi connectivity index (χ1v) is 5.73. The number of aliphatic carboxylic acids is 1. The van der Waals surface area contributed by atoms with E-state index in [0.717, 1.165) is 22.4 Å². The van der Waals surface area contributed by atoms with E-state index in [1.54, 1.807) is 6.20 Å². The van der Waals surface area contributed by atoms with E-state index < -0.39 is 5.97 Å². The molecular formula is C15H16FIrNO2. The molecule has 0 unspecified atom stereocenters. The summed E-state index contributed by atoms with van der Waals surface area (Å²) in [6.45, 7) is 5.04. The average Bonchev–Trinajstić information content (AvgIpc) is 2.30. The summed E-state index contributed by atoms with van der Waals surface area (Å²) in [7, 11) is 0. The number of nitrogens with zero attached hydrogens (tertiary/aromatic N) is 1. The maximum atomic E-state index is 12.9. The first-order valence-electron chi connectivity index (χ1n) is 5.73. The average molecular weight is 454 g/mol. The Hall–Kier alpha value is -1.58. The van der Waals surface area contributed by atoms with Crippen LogP contribution in [0.4, 0.5) is 4.39 Å². The van der Waals surface area contributed by atoms with Gasteiger partial charge in [0.15, 0.2) is 0 Å². The quantitative estimate of drug-likeness (QED) is 0.532. The van der Waals surface area contributed by atoms with Crippen LogP contribution in [0.1, 0.15) is 18.1 Å². The van der Waals surface area contributed by atoms with Crippen molar-refractivity contribution in [3.05, 3.63) is 53.5 Å². The van der Waals surface area contributed by atoms with Gasteiger partial charge in [-0.1, -0.05) is 18.6 Å². The van der Waals surface area contributed by atoms with Gasteiger partial charge < -0.3 is 14.9 Å². The number of benzene rings is 1. The van der Waals surface area contributed by atoms with E-state index in [0.29, 0.717) is 0 Å². The van der Waals surface area contributed by atoms with Gasteiger partial charge in [0.2, 0.25) is 0 Å². The van der Waals surface area contributed by atoms with Crippen LogP contribution in [0.25, 0.3) is 11.3 Å². The zero-order chi connectivity index (χ0) is 14.4. The molecule has 0 spiro atoms. The predicted molar refractivity (Wildman–Crippen MR) is 73.2 cm³/mol. The van der Waals surface area contributed by atoms with Gasteiger partial charge in [0.1, 0.15) is 0 Å². The van der Waals surface area contributed by atoms with Crippen LogP contribution in [0, 0.1) is 25.7 Å². The summed E-state index contributed by atoms with van der Waals surface area (Å²) in [5.41, 5.74) is 3.67. The van der Waals surface area contributed by atoms with Crippen LogP contribution < -0.4 is 0 Å². The second-order valence-electron chi connectivity index (χ2n) is 4.09. The van der Waals surface area contributed by atoms with Crippen LogP contribution in [0.5, 0.6) is 0 Å². The molecule has 109 valence electrons. The van der Waals surface area contributed by atoms with Gasteiger partial charge in [0.05, 0.1) is 6.92 Å². The van der Waals surface area contributed by atoms with E-state index >= 15 is 0 Å². The van der Waals surface area contributed by atoms with Crippen molar-refractivity contribution in [2.75, 3.05) is 0 Å². The van der Waals surface area contributed by atoms with Gasteiger partial charge in [-0.05, 0) is 18.7 Å². The summed E-state index contributed by atoms with van der Waals surface area (Å²) in [6.07, 6.45) is 1.74. The molecule has 0 aliphatic carbocycles. The number of carboxylic acid groups (broad SMARTS) is 1. The zero-order valence-electron chi connectivity index (χ0n) is 11.4. The molecule has 0 aliphatic heterocycles. The first kappa shape index (κ1) is 18.4. The van der Waals surface area contributed by atoms with E-state index in [9.17, 15) is 4.39 Å². The molecule has 1 aromatic carbocycles. The molecule has 3 nitrogen and oxygen atoms in total. The normalized spacial score (nSPS) is 9.00. The molecule has 0 aliphatic rings. The fraction of sp³-hybridized carbons (Fsp3) is 0.200. The van der Waals surface area contributed by atoms with E-state index in [1.807, 2.05) is 26.0 Å². The van der Waals surface area contributed by atoms with Crippen molar-refractivity contribution in [2.45, 2.75) is 20.8 Å². The van der Waals surface area contributed by atoms with E-state index in [1.165, 1.54) is 19.1 Å². The minimum absolute atomic E-state index is 0. The summed E-state index contributed by atoms with van der Waals surface area (Å²) in [6, 6.07) is 9.64. The Bertz CT molecular complexity index is 584. The largest absolute Gasteiger partial charge is 0.477 e. The molecule has 0 amide bonds. The van der Waals surface area contributed by atoms with Gasteiger partial charge in [-0.15, -0.1) is 29.3 Å². The molecule has 5 heteroatoms. The van der Waals surface area contributed by atoms with Crippen molar-refractivity contribution >= 4 is 5.97 Å². The van der Waals surface area contributed by atoms with Crippen molar-refractivity contribution in [3.8, 4) is 11.3 Å². The van der Waals surface area contributed by atoms with Crippen molar-refractivity contribution in [3.63, 3.8) is 0 Å². The Morgan fingerprint density at radius 1 is 1.35 bits per heavy atom. The second kappa shape index (κ2) is 8.56. The summed E-state index contributed by atoms with van der Waals surface area (Å²) in [5, 5.41) is 7.53. The molecule has 0 fully saturated rings. The third-order valence-electron chi connectivity index (χ3n) is 2.35. The maximum Gasteiger partial charge on any atom is 0.477 e. The molecule has 0 bridgehead atoms. The van der Waals surface area contributed by atoms with Crippen LogP contribution in [0.15, 0.2) is 30.5 Å². The number of rotatable bonds is 1. The van der Waals surface area contributed by atoms with Gasteiger partial charge >= 0.3 is 5.97 Å². The van der Waals surface area contributed by atoms with Gasteiger partial charge in [0.25, 0.3) is 0 Å². The smallest absolute Gasteiger partial charge is 0.339 e. The zero-order valence-corrected chi connectivity index (χ0v) is 13.8. The Morgan fingerprint density at radius 2 is 1.95 bits per heavy atom. The predicted octanol–water partition coefficient (Wildman–Crippen LogP) is 3.37. The molecule has 0 saturated heterocycles. The molecule has 1 heterocycles. The molecule has 2 rings (SSSR count). The minimum atomic E-state index is -0.583. The summed E-state index contributed by atoms with van der Waals surface area (Å²) in [4.78, 5) is 11.8. The minimum Gasteiger partial charge on any atom is -0.339 e. The van der Waals surface area contributed by atoms with Crippen LogP contribution in [0.2, 0.25) is 0 Å². The van der Waals surface area contributed by atoms with E-state index in [2.05, 4.69) is 11.1 Å². The molecule has 1 radical (unpaired) electrons. The summed E-state index contributed by atoms with van der Waals surface area (Å²) in [5.74, 6) is -0.843. The van der Waals surface area contributed by atoms with Crippen LogP contribution in [-0.2, 0) is 20.1 Å². The van der Waals surface area contributed by atoms with Gasteiger partial charge in [-0.25, -0.2) is 0 Å². The standard InChI is InChI=1S/C13H11FN.C2H4O2.Ir/c1-9-4-3-7-15-13(9)12-6-5-11(14)8-10(12)2;1-2(3)4;/h3-5,7-8H,1-2H3;1H3,(H,3,4);/q-1;;/p+1. The molecular weight excluding hydrogens is 437 g/mol. The van der Waals surface area contributed by atoms with Gasteiger partial charge in [-0.3, -0.25) is 4.39 Å².